The van der Waals surface area contributed by atoms with Crippen LogP contribution in [0, 0.1) is 0 Å². The SMILES string of the molecule is CCCCCCCCCCCCCCCCCCCC/C=C/C(O)C(CO)NC(=O)CCCCCCC/C=C\CCCCCCCCCOC(=O)CCCCCCCCCCCCCCCCCC. The number of aliphatic hydroxyl groups is 2. The van der Waals surface area contributed by atoms with Crippen LogP contribution in [-0.4, -0.2) is 47.4 Å². The molecule has 6 heteroatoms. The normalized spacial score (nSPS) is 12.7. The highest BCUT2D eigenvalue weighted by Gasteiger charge is 2.18. The molecule has 3 N–H and O–H groups in total. The first-order valence-electron chi connectivity index (χ1n) is 31.1. The molecule has 0 fully saturated rings. The Balaban J connectivity index is 3.48. The van der Waals surface area contributed by atoms with Crippen molar-refractivity contribution in [1.82, 2.24) is 5.32 Å². The second-order valence-electron chi connectivity index (χ2n) is 21.4. The maximum absolute atomic E-state index is 12.5. The third-order valence-electron chi connectivity index (χ3n) is 14.5. The number of carbonyl (C=O) groups excluding carboxylic acids is 2. The van der Waals surface area contributed by atoms with Crippen molar-refractivity contribution in [2.75, 3.05) is 13.2 Å². The largest absolute Gasteiger partial charge is 0.466 e. The van der Waals surface area contributed by atoms with Crippen molar-refractivity contribution in [1.29, 1.82) is 0 Å². The van der Waals surface area contributed by atoms with Gasteiger partial charge in [0.2, 0.25) is 5.91 Å². The first kappa shape index (κ1) is 67.3. The first-order valence-corrected chi connectivity index (χ1v) is 31.1. The number of unbranched alkanes of at least 4 members (excludes halogenated alkanes) is 45. The van der Waals surface area contributed by atoms with Gasteiger partial charge in [-0.2, -0.15) is 0 Å². The standard InChI is InChI=1S/C63H121NO5/c1-3-5-7-9-11-13-15-17-19-21-22-23-24-27-31-35-39-43-47-51-55-61(66)60(59-65)64-62(67)56-52-48-44-40-36-32-28-25-26-30-34-38-42-46-50-54-58-69-63(68)57-53-49-45-41-37-33-29-20-18-16-14-12-10-8-6-4-2/h25,28,51,55,60-61,65-66H,3-24,26-27,29-50,52-54,56-59H2,1-2H3,(H,64,67)/b28-25-,55-51+. The van der Waals surface area contributed by atoms with E-state index in [1.54, 1.807) is 6.08 Å². The van der Waals surface area contributed by atoms with Crippen LogP contribution in [0.1, 0.15) is 341 Å². The van der Waals surface area contributed by atoms with E-state index in [2.05, 4.69) is 31.3 Å². The molecule has 0 aromatic rings. The molecule has 2 unspecified atom stereocenters. The average Bonchev–Trinajstić information content (AvgIpc) is 3.35. The van der Waals surface area contributed by atoms with Gasteiger partial charge in [-0.1, -0.05) is 295 Å². The number of hydrogen-bond acceptors (Lipinski definition) is 5. The molecule has 0 aromatic carbocycles. The van der Waals surface area contributed by atoms with Crippen molar-refractivity contribution in [3.05, 3.63) is 24.3 Å². The van der Waals surface area contributed by atoms with Gasteiger partial charge in [0.05, 0.1) is 25.4 Å². The molecule has 0 saturated heterocycles. The summed E-state index contributed by atoms with van der Waals surface area (Å²) in [6, 6.07) is -0.640. The predicted molar refractivity (Wildman–Crippen MR) is 301 cm³/mol. The summed E-state index contributed by atoms with van der Waals surface area (Å²) in [7, 11) is 0. The smallest absolute Gasteiger partial charge is 0.305 e. The maximum atomic E-state index is 12.5. The second kappa shape index (κ2) is 58.9. The van der Waals surface area contributed by atoms with Crippen molar-refractivity contribution in [3.8, 4) is 0 Å². The van der Waals surface area contributed by atoms with Crippen molar-refractivity contribution in [2.24, 2.45) is 0 Å². The van der Waals surface area contributed by atoms with E-state index in [4.69, 9.17) is 4.74 Å². The summed E-state index contributed by atoms with van der Waals surface area (Å²) in [5.74, 6) is -0.0819. The molecule has 0 rings (SSSR count). The van der Waals surface area contributed by atoms with Crippen molar-refractivity contribution in [2.45, 2.75) is 353 Å². The minimum absolute atomic E-state index is 0.000154. The molecule has 0 aliphatic rings. The highest BCUT2D eigenvalue weighted by Crippen LogP contribution is 2.17. The number of nitrogens with one attached hydrogen (secondary N) is 1. The molecule has 1 amide bonds. The Bertz CT molecular complexity index is 1080. The molecule has 408 valence electrons. The van der Waals surface area contributed by atoms with E-state index in [1.165, 1.54) is 250 Å². The summed E-state index contributed by atoms with van der Waals surface area (Å²) >= 11 is 0. The Labute approximate surface area is 431 Å². The number of esters is 1. The van der Waals surface area contributed by atoms with E-state index >= 15 is 0 Å². The van der Waals surface area contributed by atoms with Crippen LogP contribution in [0.5, 0.6) is 0 Å². The van der Waals surface area contributed by atoms with E-state index in [1.807, 2.05) is 6.08 Å². The van der Waals surface area contributed by atoms with Crippen LogP contribution < -0.4 is 5.32 Å². The van der Waals surface area contributed by atoms with Gasteiger partial charge in [-0.05, 0) is 57.8 Å². The lowest BCUT2D eigenvalue weighted by atomic mass is 10.0. The Morgan fingerprint density at radius 3 is 1.03 bits per heavy atom. The van der Waals surface area contributed by atoms with Crippen LogP contribution in [0.15, 0.2) is 24.3 Å². The molecular weight excluding hydrogens is 851 g/mol. The van der Waals surface area contributed by atoms with Crippen LogP contribution in [0.2, 0.25) is 0 Å². The monoisotopic (exact) mass is 972 g/mol. The summed E-state index contributed by atoms with van der Waals surface area (Å²) in [5.41, 5.74) is 0. The minimum atomic E-state index is -0.855. The Hall–Kier alpha value is -1.66. The van der Waals surface area contributed by atoms with Gasteiger partial charge in [0, 0.05) is 12.8 Å². The Morgan fingerprint density at radius 2 is 0.681 bits per heavy atom. The van der Waals surface area contributed by atoms with E-state index in [0.717, 1.165) is 64.2 Å². The molecule has 0 bridgehead atoms. The first-order chi connectivity index (χ1) is 34.0. The van der Waals surface area contributed by atoms with Crippen LogP contribution in [-0.2, 0) is 14.3 Å². The fraction of sp³-hybridized carbons (Fsp3) is 0.905. The number of rotatable bonds is 58. The molecule has 2 atom stereocenters. The van der Waals surface area contributed by atoms with Gasteiger partial charge in [-0.15, -0.1) is 0 Å². The van der Waals surface area contributed by atoms with Gasteiger partial charge < -0.3 is 20.3 Å². The van der Waals surface area contributed by atoms with Crippen LogP contribution in [0.3, 0.4) is 0 Å². The van der Waals surface area contributed by atoms with E-state index < -0.39 is 12.1 Å². The van der Waals surface area contributed by atoms with Crippen molar-refractivity contribution >= 4 is 11.9 Å². The summed E-state index contributed by atoms with van der Waals surface area (Å²) in [5, 5.41) is 23.2. The zero-order chi connectivity index (χ0) is 50.0. The highest BCUT2D eigenvalue weighted by molar-refractivity contribution is 5.76. The molecule has 0 spiro atoms. The highest BCUT2D eigenvalue weighted by atomic mass is 16.5. The van der Waals surface area contributed by atoms with Gasteiger partial charge in [-0.3, -0.25) is 9.59 Å². The lowest BCUT2D eigenvalue weighted by Gasteiger charge is -2.20. The van der Waals surface area contributed by atoms with Crippen molar-refractivity contribution in [3.63, 3.8) is 0 Å². The molecule has 0 saturated carbocycles. The Kier molecular flexibility index (Phi) is 57.5. The number of carbonyl (C=O) groups is 2. The zero-order valence-electron chi connectivity index (χ0n) is 46.6. The minimum Gasteiger partial charge on any atom is -0.466 e. The summed E-state index contributed by atoms with van der Waals surface area (Å²) in [6.45, 7) is 4.91. The van der Waals surface area contributed by atoms with Crippen molar-refractivity contribution < 1.29 is 24.5 Å². The number of amides is 1. The second-order valence-corrected chi connectivity index (χ2v) is 21.4. The van der Waals surface area contributed by atoms with E-state index in [9.17, 15) is 19.8 Å². The van der Waals surface area contributed by atoms with Gasteiger partial charge in [0.15, 0.2) is 0 Å². The molecule has 69 heavy (non-hydrogen) atoms. The van der Waals surface area contributed by atoms with E-state index in [-0.39, 0.29) is 18.5 Å². The van der Waals surface area contributed by atoms with Crippen LogP contribution in [0.4, 0.5) is 0 Å². The topological polar surface area (TPSA) is 95.9 Å². The van der Waals surface area contributed by atoms with Gasteiger partial charge in [-0.25, -0.2) is 0 Å². The lowest BCUT2D eigenvalue weighted by Crippen LogP contribution is -2.45. The number of aliphatic hydroxyl groups excluding tert-OH is 2. The fourth-order valence-electron chi connectivity index (χ4n) is 9.69. The van der Waals surface area contributed by atoms with Gasteiger partial charge >= 0.3 is 5.97 Å². The third kappa shape index (κ3) is 55.5. The predicted octanol–water partition coefficient (Wildman–Crippen LogP) is 19.4. The van der Waals surface area contributed by atoms with E-state index in [0.29, 0.717) is 19.4 Å². The summed E-state index contributed by atoms with van der Waals surface area (Å²) in [6.07, 6.45) is 72.1. The van der Waals surface area contributed by atoms with Gasteiger partial charge in [0.25, 0.3) is 0 Å². The quantitative estimate of drug-likeness (QED) is 0.0321. The zero-order valence-corrected chi connectivity index (χ0v) is 46.6. The molecule has 0 aliphatic carbocycles. The Morgan fingerprint density at radius 1 is 0.391 bits per heavy atom. The number of ether oxygens (including phenoxy) is 1. The van der Waals surface area contributed by atoms with Crippen LogP contribution in [0.25, 0.3) is 0 Å². The van der Waals surface area contributed by atoms with Gasteiger partial charge in [0.1, 0.15) is 0 Å². The molecule has 0 radical (unpaired) electrons. The molecule has 6 nitrogen and oxygen atoms in total. The molecule has 0 heterocycles. The summed E-state index contributed by atoms with van der Waals surface area (Å²) < 4.78 is 5.48. The lowest BCUT2D eigenvalue weighted by molar-refractivity contribution is -0.143. The molecular formula is C63H121NO5. The van der Waals surface area contributed by atoms with Crippen LogP contribution >= 0.6 is 0 Å². The number of hydrogen-bond donors (Lipinski definition) is 3. The summed E-state index contributed by atoms with van der Waals surface area (Å²) in [4.78, 5) is 24.6. The third-order valence-corrected chi connectivity index (χ3v) is 14.5. The molecule has 0 aliphatic heterocycles. The number of allylic oxidation sites excluding steroid dienone is 3. The fourth-order valence-corrected chi connectivity index (χ4v) is 9.69. The molecule has 0 aromatic heterocycles. The maximum Gasteiger partial charge on any atom is 0.305 e. The average molecular weight is 973 g/mol.